The van der Waals surface area contributed by atoms with Crippen molar-refractivity contribution in [3.63, 3.8) is 0 Å². The average Bonchev–Trinajstić information content (AvgIpc) is 2.29. The Morgan fingerprint density at radius 1 is 1.11 bits per heavy atom. The third kappa shape index (κ3) is 2.36. The molecule has 0 fully saturated rings. The third-order valence-electron chi connectivity index (χ3n) is 2.96. The minimum Gasteiger partial charge on any atom is -0.507 e. The van der Waals surface area contributed by atoms with Crippen molar-refractivity contribution in [3.8, 4) is 16.9 Å². The third-order valence-corrected chi connectivity index (χ3v) is 3.84. The van der Waals surface area contributed by atoms with Crippen LogP contribution in [0.3, 0.4) is 0 Å². The Balaban J connectivity index is 2.88. The molecule has 2 rings (SSSR count). The van der Waals surface area contributed by atoms with Crippen LogP contribution in [0.15, 0.2) is 21.3 Å². The lowest BCUT2D eigenvalue weighted by molar-refractivity contribution is 0.438. The van der Waals surface area contributed by atoms with Gasteiger partial charge in [0.05, 0.1) is 10.0 Å². The summed E-state index contributed by atoms with van der Waals surface area (Å²) in [5.74, 6) is 0.222. The van der Waals surface area contributed by atoms with Crippen molar-refractivity contribution in [1.29, 1.82) is 0 Å². The maximum atomic E-state index is 12.0. The molecule has 0 bridgehead atoms. The Morgan fingerprint density at radius 3 is 2.32 bits per heavy atom. The van der Waals surface area contributed by atoms with Crippen LogP contribution in [-0.4, -0.2) is 5.11 Å². The van der Waals surface area contributed by atoms with Gasteiger partial charge in [-0.25, -0.2) is 4.79 Å². The Morgan fingerprint density at radius 2 is 1.74 bits per heavy atom. The second-order valence-corrected chi connectivity index (χ2v) is 5.18. The zero-order chi connectivity index (χ0) is 14.3. The summed E-state index contributed by atoms with van der Waals surface area (Å²) >= 11 is 12.1. The fourth-order valence-corrected chi connectivity index (χ4v) is 2.58. The van der Waals surface area contributed by atoms with E-state index in [9.17, 15) is 9.90 Å². The second kappa shape index (κ2) is 4.91. The zero-order valence-corrected chi connectivity index (χ0v) is 12.2. The highest BCUT2D eigenvalue weighted by Gasteiger charge is 2.19. The minimum absolute atomic E-state index is 0.110. The lowest BCUT2D eigenvalue weighted by atomic mass is 9.96. The van der Waals surface area contributed by atoms with E-state index in [0.717, 1.165) is 5.56 Å². The van der Waals surface area contributed by atoms with Gasteiger partial charge in [-0.1, -0.05) is 23.2 Å². The molecule has 0 saturated heterocycles. The number of aryl methyl sites for hydroxylation is 2. The standard InChI is InChI=1S/C14H12Cl2O3/c1-6-4-9(15)13(16)8(3)11(6)12-10(17)5-7(2)19-14(12)18/h4-5,17H,1-3H3. The van der Waals surface area contributed by atoms with E-state index in [1.165, 1.54) is 6.07 Å². The number of benzene rings is 1. The van der Waals surface area contributed by atoms with Crippen molar-refractivity contribution in [2.45, 2.75) is 20.8 Å². The fourth-order valence-electron chi connectivity index (χ4n) is 2.12. The molecule has 0 aliphatic rings. The molecule has 0 saturated carbocycles. The molecule has 5 heteroatoms. The Kier molecular flexibility index (Phi) is 3.61. The Labute approximate surface area is 120 Å². The number of aromatic hydroxyl groups is 1. The summed E-state index contributed by atoms with van der Waals surface area (Å²) in [4.78, 5) is 12.0. The van der Waals surface area contributed by atoms with Crippen LogP contribution in [0.2, 0.25) is 10.0 Å². The Hall–Kier alpha value is -1.45. The molecule has 1 heterocycles. The van der Waals surface area contributed by atoms with Crippen LogP contribution >= 0.6 is 23.2 Å². The first-order valence-electron chi connectivity index (χ1n) is 5.62. The lowest BCUT2D eigenvalue weighted by Gasteiger charge is -2.13. The molecule has 100 valence electrons. The molecular formula is C14H12Cl2O3. The molecular weight excluding hydrogens is 287 g/mol. The van der Waals surface area contributed by atoms with E-state index in [2.05, 4.69) is 0 Å². The molecule has 1 aromatic carbocycles. The summed E-state index contributed by atoms with van der Waals surface area (Å²) < 4.78 is 5.03. The molecule has 0 atom stereocenters. The highest BCUT2D eigenvalue weighted by Crippen LogP contribution is 2.38. The number of hydrogen-bond acceptors (Lipinski definition) is 3. The van der Waals surface area contributed by atoms with Crippen molar-refractivity contribution < 1.29 is 9.52 Å². The van der Waals surface area contributed by atoms with Gasteiger partial charge in [0.1, 0.15) is 17.1 Å². The summed E-state index contributed by atoms with van der Waals surface area (Å²) in [5, 5.41) is 10.8. The first kappa shape index (κ1) is 14.0. The summed E-state index contributed by atoms with van der Waals surface area (Å²) in [6.07, 6.45) is 0. The van der Waals surface area contributed by atoms with Gasteiger partial charge in [-0.3, -0.25) is 0 Å². The molecule has 1 aromatic heterocycles. The summed E-state index contributed by atoms with van der Waals surface area (Å²) in [7, 11) is 0. The number of hydrogen-bond donors (Lipinski definition) is 1. The summed E-state index contributed by atoms with van der Waals surface area (Å²) in [5.41, 5.74) is 1.46. The van der Waals surface area contributed by atoms with E-state index >= 15 is 0 Å². The van der Waals surface area contributed by atoms with Crippen LogP contribution in [0, 0.1) is 20.8 Å². The van der Waals surface area contributed by atoms with Crippen molar-refractivity contribution in [2.24, 2.45) is 0 Å². The van der Waals surface area contributed by atoms with E-state index in [1.54, 1.807) is 26.8 Å². The van der Waals surface area contributed by atoms with Crippen molar-refractivity contribution in [3.05, 3.63) is 49.5 Å². The fraction of sp³-hybridized carbons (Fsp3) is 0.214. The van der Waals surface area contributed by atoms with Gasteiger partial charge in [-0.2, -0.15) is 0 Å². The topological polar surface area (TPSA) is 50.4 Å². The van der Waals surface area contributed by atoms with Crippen LogP contribution in [0.1, 0.15) is 16.9 Å². The van der Waals surface area contributed by atoms with Crippen LogP contribution in [0.25, 0.3) is 11.1 Å². The second-order valence-electron chi connectivity index (χ2n) is 4.39. The molecule has 0 aliphatic carbocycles. The molecule has 2 aromatic rings. The molecule has 19 heavy (non-hydrogen) atoms. The SMILES string of the molecule is Cc1cc(O)c(-c2c(C)cc(Cl)c(Cl)c2C)c(=O)o1. The maximum absolute atomic E-state index is 12.0. The summed E-state index contributed by atoms with van der Waals surface area (Å²) in [6.45, 7) is 5.14. The van der Waals surface area contributed by atoms with Crippen molar-refractivity contribution >= 4 is 23.2 Å². The maximum Gasteiger partial charge on any atom is 0.347 e. The van der Waals surface area contributed by atoms with E-state index < -0.39 is 5.63 Å². The highest BCUT2D eigenvalue weighted by molar-refractivity contribution is 6.42. The van der Waals surface area contributed by atoms with Gasteiger partial charge < -0.3 is 9.52 Å². The Bertz CT molecular complexity index is 718. The van der Waals surface area contributed by atoms with Gasteiger partial charge >= 0.3 is 5.63 Å². The first-order chi connectivity index (χ1) is 8.82. The first-order valence-corrected chi connectivity index (χ1v) is 6.37. The molecule has 0 aliphatic heterocycles. The van der Waals surface area contributed by atoms with Gasteiger partial charge in [-0.05, 0) is 38.0 Å². The van der Waals surface area contributed by atoms with Gasteiger partial charge in [-0.15, -0.1) is 0 Å². The van der Waals surface area contributed by atoms with E-state index in [0.29, 0.717) is 26.9 Å². The molecule has 0 spiro atoms. The predicted molar refractivity (Wildman–Crippen MR) is 76.3 cm³/mol. The average molecular weight is 299 g/mol. The largest absolute Gasteiger partial charge is 0.507 e. The monoisotopic (exact) mass is 298 g/mol. The van der Waals surface area contributed by atoms with Crippen LogP contribution in [-0.2, 0) is 0 Å². The number of halogens is 2. The van der Waals surface area contributed by atoms with Gasteiger partial charge in [0.15, 0.2) is 0 Å². The minimum atomic E-state index is -0.595. The van der Waals surface area contributed by atoms with E-state index in [4.69, 9.17) is 27.6 Å². The highest BCUT2D eigenvalue weighted by atomic mass is 35.5. The molecule has 3 nitrogen and oxygen atoms in total. The van der Waals surface area contributed by atoms with E-state index in [1.807, 2.05) is 0 Å². The molecule has 1 N–H and O–H groups in total. The zero-order valence-electron chi connectivity index (χ0n) is 10.7. The van der Waals surface area contributed by atoms with Gasteiger partial charge in [0.2, 0.25) is 0 Å². The molecule has 0 radical (unpaired) electrons. The molecule has 0 unspecified atom stereocenters. The lowest BCUT2D eigenvalue weighted by Crippen LogP contribution is -2.06. The van der Waals surface area contributed by atoms with E-state index in [-0.39, 0.29) is 11.3 Å². The molecule has 0 amide bonds. The quantitative estimate of drug-likeness (QED) is 0.856. The summed E-state index contributed by atoms with van der Waals surface area (Å²) in [6, 6.07) is 3.06. The smallest absolute Gasteiger partial charge is 0.347 e. The van der Waals surface area contributed by atoms with Crippen LogP contribution in [0.5, 0.6) is 5.75 Å². The van der Waals surface area contributed by atoms with Crippen molar-refractivity contribution in [1.82, 2.24) is 0 Å². The predicted octanol–water partition coefficient (Wildman–Crippen LogP) is 4.24. The van der Waals surface area contributed by atoms with Gasteiger partial charge in [0, 0.05) is 11.6 Å². The van der Waals surface area contributed by atoms with Crippen LogP contribution < -0.4 is 5.63 Å². The van der Waals surface area contributed by atoms with Crippen LogP contribution in [0.4, 0.5) is 0 Å². The van der Waals surface area contributed by atoms with Gasteiger partial charge in [0.25, 0.3) is 0 Å². The normalized spacial score (nSPS) is 10.8. The number of rotatable bonds is 1. The van der Waals surface area contributed by atoms with Crippen molar-refractivity contribution in [2.75, 3.05) is 0 Å².